The molecular weight excluding hydrogens is 553 g/mol. The van der Waals surface area contributed by atoms with Gasteiger partial charge in [0, 0.05) is 45.2 Å². The van der Waals surface area contributed by atoms with Crippen molar-refractivity contribution in [3.8, 4) is 0 Å². The summed E-state index contributed by atoms with van der Waals surface area (Å²) in [6, 6.07) is 4.18. The predicted molar refractivity (Wildman–Crippen MR) is 143 cm³/mol. The lowest BCUT2D eigenvalue weighted by Crippen LogP contribution is -2.57. The van der Waals surface area contributed by atoms with E-state index in [2.05, 4.69) is 57.1 Å². The molecule has 0 aromatic heterocycles. The van der Waals surface area contributed by atoms with Crippen LogP contribution in [0.3, 0.4) is 0 Å². The number of benzene rings is 2. The third kappa shape index (κ3) is 4.00. The summed E-state index contributed by atoms with van der Waals surface area (Å²) in [7, 11) is 0. The number of nitrogens with zero attached hydrogens (tertiary/aromatic N) is 3. The van der Waals surface area contributed by atoms with Crippen LogP contribution in [-0.4, -0.2) is 54.5 Å². The SMILES string of the molecule is Cc1cc(Br)cc(C)c1C1=NO[C@H](N2CCOCC2)[C@]12CC(c1c(C)c(Cl)c(C)c(Cl)c1C)=NO2. The lowest BCUT2D eigenvalue weighted by molar-refractivity contribution is -0.159. The molecule has 0 aliphatic carbocycles. The summed E-state index contributed by atoms with van der Waals surface area (Å²) in [5, 5.41) is 10.6. The molecule has 1 saturated heterocycles. The van der Waals surface area contributed by atoms with Gasteiger partial charge in [0.1, 0.15) is 5.71 Å². The first kappa shape index (κ1) is 25.0. The zero-order valence-corrected chi connectivity index (χ0v) is 23.6. The standard InChI is InChI=1S/C26H28BrCl2N3O3/c1-13-10-18(27)11-14(2)20(13)24-26(25(34-31-24)32-6-8-33-9-7-32)12-19(30-35-26)21-15(3)22(28)17(5)23(29)16(21)4/h10-11,25H,6-9,12H2,1-5H3/t25-,26-/m0/s1. The lowest BCUT2D eigenvalue weighted by atomic mass is 9.80. The van der Waals surface area contributed by atoms with Gasteiger partial charge >= 0.3 is 0 Å². The molecule has 5 rings (SSSR count). The van der Waals surface area contributed by atoms with Gasteiger partial charge in [-0.25, -0.2) is 0 Å². The van der Waals surface area contributed by atoms with Crippen LogP contribution in [0.25, 0.3) is 0 Å². The van der Waals surface area contributed by atoms with Crippen molar-refractivity contribution in [2.24, 2.45) is 10.3 Å². The molecule has 9 heteroatoms. The Balaban J connectivity index is 1.62. The van der Waals surface area contributed by atoms with Crippen molar-refractivity contribution < 1.29 is 14.4 Å². The fourth-order valence-corrected chi connectivity index (χ4v) is 6.65. The van der Waals surface area contributed by atoms with Gasteiger partial charge < -0.3 is 14.4 Å². The molecule has 3 heterocycles. The van der Waals surface area contributed by atoms with E-state index in [4.69, 9.17) is 37.6 Å². The van der Waals surface area contributed by atoms with Crippen LogP contribution in [0.5, 0.6) is 0 Å². The summed E-state index contributed by atoms with van der Waals surface area (Å²) < 4.78 is 6.62. The Morgan fingerprint density at radius 2 is 1.51 bits per heavy atom. The van der Waals surface area contributed by atoms with Crippen molar-refractivity contribution >= 4 is 50.6 Å². The van der Waals surface area contributed by atoms with E-state index in [1.807, 2.05) is 20.8 Å². The number of morpholine rings is 1. The molecule has 3 aliphatic rings. The summed E-state index contributed by atoms with van der Waals surface area (Å²) in [5.74, 6) is 0. The van der Waals surface area contributed by atoms with Crippen LogP contribution < -0.4 is 0 Å². The van der Waals surface area contributed by atoms with E-state index >= 15 is 0 Å². The normalized spacial score (nSPS) is 24.4. The Morgan fingerprint density at radius 3 is 2.11 bits per heavy atom. The highest BCUT2D eigenvalue weighted by atomic mass is 79.9. The third-order valence-corrected chi connectivity index (χ3v) is 8.85. The highest BCUT2D eigenvalue weighted by Gasteiger charge is 2.60. The van der Waals surface area contributed by atoms with Gasteiger partial charge in [-0.05, 0) is 74.6 Å². The van der Waals surface area contributed by atoms with Gasteiger partial charge in [0.25, 0.3) is 0 Å². The van der Waals surface area contributed by atoms with Crippen LogP contribution in [0, 0.1) is 34.6 Å². The van der Waals surface area contributed by atoms with Crippen LogP contribution in [0.15, 0.2) is 26.9 Å². The Hall–Kier alpha value is -1.64. The molecule has 2 aromatic carbocycles. The summed E-state index contributed by atoms with van der Waals surface area (Å²) >= 11 is 16.9. The van der Waals surface area contributed by atoms with Crippen molar-refractivity contribution in [2.45, 2.75) is 52.9 Å². The second kappa shape index (κ2) is 9.34. The van der Waals surface area contributed by atoms with E-state index in [1.165, 1.54) is 0 Å². The summed E-state index contributed by atoms with van der Waals surface area (Å²) in [6.45, 7) is 12.8. The minimum absolute atomic E-state index is 0.429. The maximum atomic E-state index is 6.67. The maximum absolute atomic E-state index is 6.67. The molecule has 0 amide bonds. The third-order valence-electron chi connectivity index (χ3n) is 7.26. The van der Waals surface area contributed by atoms with Crippen LogP contribution in [-0.2, 0) is 14.4 Å². The van der Waals surface area contributed by atoms with Gasteiger partial charge in [-0.3, -0.25) is 4.90 Å². The number of aryl methyl sites for hydroxylation is 2. The Kier molecular flexibility index (Phi) is 6.68. The van der Waals surface area contributed by atoms with E-state index in [0.29, 0.717) is 29.7 Å². The predicted octanol–water partition coefficient (Wildman–Crippen LogP) is 6.25. The number of ether oxygens (including phenoxy) is 1. The number of oxime groups is 2. The molecule has 0 saturated carbocycles. The number of halogens is 3. The molecule has 2 aromatic rings. The molecule has 186 valence electrons. The molecule has 0 bridgehead atoms. The van der Waals surface area contributed by atoms with Crippen LogP contribution >= 0.6 is 39.1 Å². The minimum Gasteiger partial charge on any atom is -0.379 e. The highest BCUT2D eigenvalue weighted by molar-refractivity contribution is 9.10. The molecule has 1 fully saturated rings. The average molecular weight is 581 g/mol. The maximum Gasteiger partial charge on any atom is 0.241 e. The highest BCUT2D eigenvalue weighted by Crippen LogP contribution is 2.44. The molecule has 3 aliphatic heterocycles. The van der Waals surface area contributed by atoms with Crippen LogP contribution in [0.1, 0.15) is 45.4 Å². The molecule has 1 spiro atoms. The largest absolute Gasteiger partial charge is 0.379 e. The molecule has 0 unspecified atom stereocenters. The smallest absolute Gasteiger partial charge is 0.241 e. The first-order valence-corrected chi connectivity index (χ1v) is 13.2. The van der Waals surface area contributed by atoms with Gasteiger partial charge in [-0.1, -0.05) is 49.4 Å². The van der Waals surface area contributed by atoms with Crippen molar-refractivity contribution in [1.29, 1.82) is 0 Å². The molecule has 2 atom stereocenters. The van der Waals surface area contributed by atoms with Crippen LogP contribution in [0.2, 0.25) is 10.0 Å². The Labute approximate surface area is 224 Å². The second-order valence-corrected chi connectivity index (χ2v) is 11.2. The molecule has 0 radical (unpaired) electrons. The van der Waals surface area contributed by atoms with E-state index < -0.39 is 11.8 Å². The summed E-state index contributed by atoms with van der Waals surface area (Å²) in [5.41, 5.74) is 7.55. The summed E-state index contributed by atoms with van der Waals surface area (Å²) in [6.07, 6.45) is 0.0577. The zero-order valence-electron chi connectivity index (χ0n) is 20.5. The second-order valence-electron chi connectivity index (χ2n) is 9.53. The summed E-state index contributed by atoms with van der Waals surface area (Å²) in [4.78, 5) is 14.8. The minimum atomic E-state index is -0.904. The van der Waals surface area contributed by atoms with Gasteiger partial charge in [0.15, 0.2) is 0 Å². The van der Waals surface area contributed by atoms with Crippen molar-refractivity contribution in [3.63, 3.8) is 0 Å². The quantitative estimate of drug-likeness (QED) is 0.430. The zero-order chi connectivity index (χ0) is 25.1. The molecule has 6 nitrogen and oxygen atoms in total. The number of hydrogen-bond acceptors (Lipinski definition) is 6. The van der Waals surface area contributed by atoms with E-state index in [1.54, 1.807) is 0 Å². The fraction of sp³-hybridized carbons (Fsp3) is 0.462. The fourth-order valence-electron chi connectivity index (χ4n) is 5.53. The van der Waals surface area contributed by atoms with Crippen LogP contribution in [0.4, 0.5) is 0 Å². The molecular formula is C26H28BrCl2N3O3. The van der Waals surface area contributed by atoms with Gasteiger partial charge in [-0.15, -0.1) is 0 Å². The van der Waals surface area contributed by atoms with E-state index in [9.17, 15) is 0 Å². The van der Waals surface area contributed by atoms with Gasteiger partial charge in [-0.2, -0.15) is 0 Å². The number of hydrogen-bond donors (Lipinski definition) is 0. The Bertz CT molecular complexity index is 1220. The molecule has 0 N–H and O–H groups in total. The van der Waals surface area contributed by atoms with Crippen molar-refractivity contribution in [3.05, 3.63) is 65.6 Å². The average Bonchev–Trinajstić information content (AvgIpc) is 3.41. The lowest BCUT2D eigenvalue weighted by Gasteiger charge is -2.37. The Morgan fingerprint density at radius 1 is 0.914 bits per heavy atom. The monoisotopic (exact) mass is 579 g/mol. The topological polar surface area (TPSA) is 55.7 Å². The van der Waals surface area contributed by atoms with Crippen molar-refractivity contribution in [2.75, 3.05) is 26.3 Å². The first-order valence-electron chi connectivity index (χ1n) is 11.7. The number of rotatable bonds is 3. The molecule has 35 heavy (non-hydrogen) atoms. The van der Waals surface area contributed by atoms with Gasteiger partial charge in [0.2, 0.25) is 11.8 Å². The van der Waals surface area contributed by atoms with E-state index in [0.717, 1.165) is 67.9 Å². The first-order chi connectivity index (χ1) is 16.7. The van der Waals surface area contributed by atoms with Crippen molar-refractivity contribution in [1.82, 2.24) is 4.90 Å². The van der Waals surface area contributed by atoms with Gasteiger partial charge in [0.05, 0.1) is 18.9 Å². The van der Waals surface area contributed by atoms with E-state index in [-0.39, 0.29) is 0 Å².